The van der Waals surface area contributed by atoms with Gasteiger partial charge >= 0.3 is 0 Å². The van der Waals surface area contributed by atoms with Gasteiger partial charge in [-0.25, -0.2) is 0 Å². The highest BCUT2D eigenvalue weighted by Crippen LogP contribution is 1.77. The molecule has 0 heterocycles. The number of rotatable bonds is 17. The Labute approximate surface area is 146 Å². The van der Waals surface area contributed by atoms with Crippen LogP contribution < -0.4 is 31.9 Å². The lowest BCUT2D eigenvalue weighted by Crippen LogP contribution is -2.36. The Morgan fingerprint density at radius 3 is 1.12 bits per heavy atom. The third-order valence-corrected chi connectivity index (χ3v) is 3.24. The van der Waals surface area contributed by atoms with E-state index in [0.29, 0.717) is 39.0 Å². The van der Waals surface area contributed by atoms with E-state index in [1.54, 1.807) is 0 Å². The summed E-state index contributed by atoms with van der Waals surface area (Å²) in [6, 6.07) is 0. The van der Waals surface area contributed by atoms with E-state index in [9.17, 15) is 9.59 Å². The van der Waals surface area contributed by atoms with Gasteiger partial charge in [-0.05, 0) is 13.8 Å². The van der Waals surface area contributed by atoms with Crippen LogP contribution in [0.5, 0.6) is 0 Å². The van der Waals surface area contributed by atoms with Crippen molar-refractivity contribution < 1.29 is 9.59 Å². The van der Waals surface area contributed by atoms with E-state index in [1.807, 2.05) is 13.8 Å². The molecule has 0 spiro atoms. The Morgan fingerprint density at radius 1 is 0.542 bits per heavy atom. The van der Waals surface area contributed by atoms with Gasteiger partial charge in [0, 0.05) is 78.3 Å². The quantitative estimate of drug-likeness (QED) is 0.178. The molecule has 24 heavy (non-hydrogen) atoms. The standard InChI is InChI=1S/C16H36N6O2/c1-3-21-15(23)5-7-17-9-11-19-13-14-20-12-10-18-8-6-16(24)22-4-2/h17-20H,3-14H2,1-2H3,(H,21,23)(H,22,24). The lowest BCUT2D eigenvalue weighted by Gasteiger charge is -2.08. The maximum absolute atomic E-state index is 11.2. The van der Waals surface area contributed by atoms with Gasteiger partial charge in [-0.15, -0.1) is 0 Å². The highest BCUT2D eigenvalue weighted by molar-refractivity contribution is 5.76. The molecule has 6 N–H and O–H groups in total. The van der Waals surface area contributed by atoms with Gasteiger partial charge in [-0.1, -0.05) is 0 Å². The van der Waals surface area contributed by atoms with Gasteiger partial charge in [0.15, 0.2) is 0 Å². The smallest absolute Gasteiger partial charge is 0.221 e. The number of hydrogen-bond acceptors (Lipinski definition) is 6. The fourth-order valence-corrected chi connectivity index (χ4v) is 2.01. The zero-order chi connectivity index (χ0) is 17.9. The summed E-state index contributed by atoms with van der Waals surface area (Å²) in [6.45, 7) is 12.0. The van der Waals surface area contributed by atoms with E-state index < -0.39 is 0 Å². The van der Waals surface area contributed by atoms with E-state index in [2.05, 4.69) is 31.9 Å². The van der Waals surface area contributed by atoms with Crippen molar-refractivity contribution in [1.29, 1.82) is 0 Å². The number of amides is 2. The first-order valence-corrected chi connectivity index (χ1v) is 9.07. The Hall–Kier alpha value is -1.22. The van der Waals surface area contributed by atoms with Crippen LogP contribution in [0.2, 0.25) is 0 Å². The van der Waals surface area contributed by atoms with E-state index >= 15 is 0 Å². The molecule has 0 aliphatic carbocycles. The molecule has 2 amide bonds. The molecule has 0 saturated heterocycles. The molecule has 142 valence electrons. The molecule has 0 aromatic carbocycles. The molecule has 0 aromatic heterocycles. The highest BCUT2D eigenvalue weighted by Gasteiger charge is 1.98. The van der Waals surface area contributed by atoms with Crippen LogP contribution in [0.25, 0.3) is 0 Å². The summed E-state index contributed by atoms with van der Waals surface area (Å²) in [5, 5.41) is 18.7. The molecule has 8 nitrogen and oxygen atoms in total. The van der Waals surface area contributed by atoms with E-state index in [-0.39, 0.29) is 11.8 Å². The first-order chi connectivity index (χ1) is 11.7. The van der Waals surface area contributed by atoms with Crippen LogP contribution in [0, 0.1) is 0 Å². The number of carbonyl (C=O) groups excluding carboxylic acids is 2. The summed E-state index contributed by atoms with van der Waals surface area (Å²) in [7, 11) is 0. The number of hydrogen-bond donors (Lipinski definition) is 6. The van der Waals surface area contributed by atoms with Crippen LogP contribution in [0.4, 0.5) is 0 Å². The summed E-state index contributed by atoms with van der Waals surface area (Å²) in [6.07, 6.45) is 1.06. The third kappa shape index (κ3) is 17.1. The van der Waals surface area contributed by atoms with E-state index in [4.69, 9.17) is 0 Å². The van der Waals surface area contributed by atoms with Crippen molar-refractivity contribution in [3.05, 3.63) is 0 Å². The maximum Gasteiger partial charge on any atom is 0.221 e. The molecule has 0 aromatic rings. The second-order valence-corrected chi connectivity index (χ2v) is 5.41. The number of nitrogens with one attached hydrogen (secondary N) is 6. The Kier molecular flexibility index (Phi) is 17.2. The summed E-state index contributed by atoms with van der Waals surface area (Å²) in [4.78, 5) is 22.4. The molecule has 8 heteroatoms. The summed E-state index contributed by atoms with van der Waals surface area (Å²) >= 11 is 0. The SMILES string of the molecule is CCNC(=O)CCNCCNCCNCCNCCC(=O)NCC. The first kappa shape index (κ1) is 22.8. The van der Waals surface area contributed by atoms with Crippen LogP contribution in [0.3, 0.4) is 0 Å². The minimum Gasteiger partial charge on any atom is -0.356 e. The van der Waals surface area contributed by atoms with Crippen LogP contribution in [0.1, 0.15) is 26.7 Å². The fraction of sp³-hybridized carbons (Fsp3) is 0.875. The predicted molar refractivity (Wildman–Crippen MR) is 98.1 cm³/mol. The summed E-state index contributed by atoms with van der Waals surface area (Å²) in [5.41, 5.74) is 0. The Balaban J connectivity index is 3.10. The molecule has 0 atom stereocenters. The van der Waals surface area contributed by atoms with Crippen molar-refractivity contribution in [2.45, 2.75) is 26.7 Å². The average molecular weight is 345 g/mol. The largest absolute Gasteiger partial charge is 0.356 e. The van der Waals surface area contributed by atoms with Crippen molar-refractivity contribution in [1.82, 2.24) is 31.9 Å². The van der Waals surface area contributed by atoms with Gasteiger partial charge in [0.25, 0.3) is 0 Å². The minimum absolute atomic E-state index is 0.0989. The Morgan fingerprint density at radius 2 is 0.833 bits per heavy atom. The van der Waals surface area contributed by atoms with E-state index in [0.717, 1.165) is 39.3 Å². The minimum atomic E-state index is 0.0989. The lowest BCUT2D eigenvalue weighted by molar-refractivity contribution is -0.121. The van der Waals surface area contributed by atoms with Crippen molar-refractivity contribution in [3.63, 3.8) is 0 Å². The molecule has 0 unspecified atom stereocenters. The summed E-state index contributed by atoms with van der Waals surface area (Å²) in [5.74, 6) is 0.198. The lowest BCUT2D eigenvalue weighted by atomic mass is 10.4. The highest BCUT2D eigenvalue weighted by atomic mass is 16.2. The van der Waals surface area contributed by atoms with E-state index in [1.165, 1.54) is 0 Å². The maximum atomic E-state index is 11.2. The molecule has 0 rings (SSSR count). The zero-order valence-electron chi connectivity index (χ0n) is 15.3. The second kappa shape index (κ2) is 18.1. The molecule has 0 fully saturated rings. The van der Waals surface area contributed by atoms with Gasteiger partial charge in [0.05, 0.1) is 0 Å². The first-order valence-electron chi connectivity index (χ1n) is 9.07. The average Bonchev–Trinajstić information content (AvgIpc) is 2.55. The fourth-order valence-electron chi connectivity index (χ4n) is 2.01. The van der Waals surface area contributed by atoms with Crippen LogP contribution in [0.15, 0.2) is 0 Å². The zero-order valence-corrected chi connectivity index (χ0v) is 15.3. The molecule has 0 radical (unpaired) electrons. The molecular formula is C16H36N6O2. The van der Waals surface area contributed by atoms with Gasteiger partial charge < -0.3 is 31.9 Å². The van der Waals surface area contributed by atoms with Crippen LogP contribution >= 0.6 is 0 Å². The van der Waals surface area contributed by atoms with Crippen LogP contribution in [-0.2, 0) is 9.59 Å². The normalized spacial score (nSPS) is 10.6. The van der Waals surface area contributed by atoms with Crippen molar-refractivity contribution in [2.75, 3.05) is 65.4 Å². The Bertz CT molecular complexity index is 285. The van der Waals surface area contributed by atoms with Gasteiger partial charge in [-0.2, -0.15) is 0 Å². The molecule has 0 aliphatic heterocycles. The van der Waals surface area contributed by atoms with Crippen molar-refractivity contribution in [2.24, 2.45) is 0 Å². The number of carbonyl (C=O) groups is 2. The predicted octanol–water partition coefficient (Wildman–Crippen LogP) is -1.60. The molecular weight excluding hydrogens is 308 g/mol. The van der Waals surface area contributed by atoms with Crippen molar-refractivity contribution >= 4 is 11.8 Å². The molecule has 0 bridgehead atoms. The second-order valence-electron chi connectivity index (χ2n) is 5.41. The molecule has 0 aliphatic rings. The van der Waals surface area contributed by atoms with Gasteiger partial charge in [0.2, 0.25) is 11.8 Å². The van der Waals surface area contributed by atoms with Gasteiger partial charge in [0.1, 0.15) is 0 Å². The molecule has 0 saturated carbocycles. The monoisotopic (exact) mass is 344 g/mol. The van der Waals surface area contributed by atoms with Crippen molar-refractivity contribution in [3.8, 4) is 0 Å². The summed E-state index contributed by atoms with van der Waals surface area (Å²) < 4.78 is 0. The van der Waals surface area contributed by atoms with Crippen LogP contribution in [-0.4, -0.2) is 77.3 Å². The van der Waals surface area contributed by atoms with Gasteiger partial charge in [-0.3, -0.25) is 9.59 Å². The topological polar surface area (TPSA) is 106 Å². The third-order valence-electron chi connectivity index (χ3n) is 3.24.